The number of carbonyl (C=O) groups excluding carboxylic acids is 6. The van der Waals surface area contributed by atoms with Gasteiger partial charge in [-0.15, -0.1) is 0 Å². The maximum absolute atomic E-state index is 14.7. The molecule has 2 aromatic carbocycles. The Hall–Kier alpha value is -5.50. The molecule has 4 aliphatic heterocycles. The molecule has 3 aliphatic carbocycles. The van der Waals surface area contributed by atoms with Crippen LogP contribution in [0.15, 0.2) is 36.4 Å². The Bertz CT molecular complexity index is 3340. The third-order valence-corrected chi connectivity index (χ3v) is 21.0. The van der Waals surface area contributed by atoms with Crippen LogP contribution in [0.4, 0.5) is 13.2 Å². The normalized spacial score (nSPS) is 29.7. The number of alkyl halides is 3. The number of amides is 2. The first-order valence-corrected chi connectivity index (χ1v) is 33.1. The Labute approximate surface area is 568 Å². The average molecular weight is 1370 g/mol. The number of methoxy groups -OCH3 is 2. The van der Waals surface area contributed by atoms with Crippen molar-refractivity contribution in [2.45, 2.75) is 226 Å². The molecule has 11 rings (SSSR count). The van der Waals surface area contributed by atoms with Gasteiger partial charge in [-0.25, -0.2) is 32.5 Å². The van der Waals surface area contributed by atoms with E-state index in [1.165, 1.54) is 17.7 Å². The van der Waals surface area contributed by atoms with E-state index >= 15 is 0 Å². The maximum Gasteiger partial charge on any atom is 0.428 e. The zero-order valence-electron chi connectivity index (χ0n) is 55.5. The van der Waals surface area contributed by atoms with E-state index in [0.29, 0.717) is 102 Å². The van der Waals surface area contributed by atoms with Gasteiger partial charge >= 0.3 is 18.1 Å². The van der Waals surface area contributed by atoms with Crippen molar-refractivity contribution in [1.29, 1.82) is 0 Å². The molecule has 0 N–H and O–H groups in total. The molecular formula is C70H91F3N6O12V2-2. The van der Waals surface area contributed by atoms with E-state index in [2.05, 4.69) is 6.29 Å². The standard InChI is InChI=1S/C36H48N3O6.C34H43F3N3O6.2V/c1-6-24-29(21-40)39-20-31(24)45-33-27(37-26-13-12-23(43-5)16-28(26)38-33)11-9-7-8-10-22-18-36(14-15-36)19-30(22)44-32(41)17-25(34(39)42)35(2,3)4;1-20-27(19-41)40-18-28(20)45-30-25(38-24-14-13-22(44-5)16-26(24)39-30)12-8-6-7-10-21-11-9-15-33(21,34(35,36)37)46-29(42)17-23(31(40)43)32(2,3)4;;/h12-13,16,22,24-25,29-31H,6-11,14-15,17-20H2,1-5H3;13-14,16,20-21,23,27-28H,6-12,15,17-18H2,1-5H3;;/q2*-1;;/t22-,24+,25-,29-,30-,31+;20-,21+,23+,27+,28-,33+;;/m10../s1. The van der Waals surface area contributed by atoms with Crippen molar-refractivity contribution in [3.8, 4) is 23.3 Å². The van der Waals surface area contributed by atoms with Gasteiger partial charge in [0.05, 0.1) is 74.1 Å². The monoisotopic (exact) mass is 1370 g/mol. The van der Waals surface area contributed by atoms with Gasteiger partial charge in [0.1, 0.15) is 41.2 Å². The van der Waals surface area contributed by atoms with Crippen molar-refractivity contribution >= 4 is 58.4 Å². The molecule has 12 atom stereocenters. The Morgan fingerprint density at radius 2 is 1.11 bits per heavy atom. The quantitative estimate of drug-likeness (QED) is 0.134. The van der Waals surface area contributed by atoms with E-state index in [1.807, 2.05) is 52.2 Å². The van der Waals surface area contributed by atoms with Crippen molar-refractivity contribution in [2.75, 3.05) is 27.3 Å². The van der Waals surface area contributed by atoms with Crippen LogP contribution in [-0.2, 0) is 88.2 Å². The first-order valence-electron chi connectivity index (χ1n) is 33.1. The van der Waals surface area contributed by atoms with Gasteiger partial charge < -0.3 is 47.8 Å². The van der Waals surface area contributed by atoms with Crippen LogP contribution in [0.3, 0.4) is 0 Å². The summed E-state index contributed by atoms with van der Waals surface area (Å²) in [5, 5.41) is 0. The van der Waals surface area contributed by atoms with Crippen LogP contribution in [0.5, 0.6) is 23.3 Å². The molecule has 2 saturated heterocycles. The fraction of sp³-hybridized carbons (Fsp3) is 0.686. The zero-order valence-corrected chi connectivity index (χ0v) is 58.3. The molecule has 4 aromatic rings. The number of nitrogens with zero attached hydrogens (tertiary/aromatic N) is 6. The molecule has 93 heavy (non-hydrogen) atoms. The first-order chi connectivity index (χ1) is 43.2. The molecule has 2 amide bonds. The molecule has 1 spiro atoms. The molecule has 506 valence electrons. The first kappa shape index (κ1) is 73.3. The van der Waals surface area contributed by atoms with Gasteiger partial charge in [-0.05, 0) is 142 Å². The van der Waals surface area contributed by atoms with Crippen LogP contribution in [0.25, 0.3) is 22.1 Å². The number of rotatable bonds is 5. The summed E-state index contributed by atoms with van der Waals surface area (Å²) in [5.74, 6) is -3.10. The van der Waals surface area contributed by atoms with Gasteiger partial charge in [-0.2, -0.15) is 13.2 Å². The van der Waals surface area contributed by atoms with Crippen LogP contribution >= 0.6 is 0 Å². The van der Waals surface area contributed by atoms with Crippen LogP contribution in [0.1, 0.15) is 182 Å². The summed E-state index contributed by atoms with van der Waals surface area (Å²) in [5.41, 5.74) is 0.413. The van der Waals surface area contributed by atoms with E-state index in [4.69, 9.17) is 48.4 Å². The van der Waals surface area contributed by atoms with Crippen molar-refractivity contribution in [2.24, 2.45) is 51.8 Å². The minimum Gasteiger partial charge on any atom is -0.540 e. The van der Waals surface area contributed by atoms with Crippen LogP contribution < -0.4 is 18.9 Å². The van der Waals surface area contributed by atoms with E-state index in [-0.39, 0.29) is 99.2 Å². The summed E-state index contributed by atoms with van der Waals surface area (Å²) in [4.78, 5) is 102. The zero-order chi connectivity index (χ0) is 65.4. The molecular weight excluding hydrogens is 1280 g/mol. The summed E-state index contributed by atoms with van der Waals surface area (Å²) in [6, 6.07) is 9.20. The number of halogens is 3. The Kier molecular flexibility index (Phi) is 23.5. The number of carbonyl (C=O) groups is 4. The maximum atomic E-state index is 14.7. The van der Waals surface area contributed by atoms with Crippen molar-refractivity contribution < 1.29 is 107 Å². The summed E-state index contributed by atoms with van der Waals surface area (Å²) >= 11 is 0. The Morgan fingerprint density at radius 3 is 1.61 bits per heavy atom. The van der Waals surface area contributed by atoms with Gasteiger partial charge in [0, 0.05) is 55.2 Å². The number of hydrogen-bond acceptors (Lipinski definition) is 16. The molecule has 18 nitrogen and oxygen atoms in total. The SMILES string of the molecule is CC[C@@H]1[C@@H]2CN(C(=O)[C@H](C(C)(C)C)CC(=O)O[C@@H]3CC4(CC4)C[C@H]3CCCCCc3nc4ccc(OC)cc4nc3O2)[C@@H]1[C-]=O.COc1ccc2nc3c(nc2c1)O[C@H]1CN(C(=O)[C@H](C(C)(C)C)CC(=O)O[C@]2(C(F)(F)F)CCC[C@H]2CCCCC3)[C@H]([C-]=O)[C@@H]1C.[V].[V]. The van der Waals surface area contributed by atoms with Gasteiger partial charge in [0.2, 0.25) is 29.2 Å². The molecule has 2 aromatic heterocycles. The van der Waals surface area contributed by atoms with Gasteiger partial charge in [0.25, 0.3) is 0 Å². The predicted molar refractivity (Wildman–Crippen MR) is 332 cm³/mol. The molecule has 23 heteroatoms. The average Bonchev–Trinajstić information content (AvgIpc) is 1.70. The molecule has 0 unspecified atom stereocenters. The largest absolute Gasteiger partial charge is 0.540 e. The number of ether oxygens (including phenoxy) is 6. The molecule has 4 bridgehead atoms. The van der Waals surface area contributed by atoms with Crippen molar-refractivity contribution in [3.63, 3.8) is 0 Å². The van der Waals surface area contributed by atoms with E-state index in [0.717, 1.165) is 49.7 Å². The van der Waals surface area contributed by atoms with Gasteiger partial charge in [-0.3, -0.25) is 19.2 Å². The summed E-state index contributed by atoms with van der Waals surface area (Å²) in [6.07, 6.45) is 10.3. The van der Waals surface area contributed by atoms with Crippen molar-refractivity contribution in [1.82, 2.24) is 29.7 Å². The number of aryl methyl sites for hydroxylation is 2. The second-order valence-electron chi connectivity index (χ2n) is 29.1. The third-order valence-electron chi connectivity index (χ3n) is 21.0. The number of hydrogen-bond donors (Lipinski definition) is 0. The summed E-state index contributed by atoms with van der Waals surface area (Å²) in [7, 11) is 3.17. The van der Waals surface area contributed by atoms with Crippen LogP contribution in [0, 0.1) is 51.8 Å². The number of fused-ring (bicyclic) bond motifs is 10. The molecule has 7 aliphatic rings. The van der Waals surface area contributed by atoms with E-state index in [1.54, 1.807) is 65.0 Å². The molecule has 2 radical (unpaired) electrons. The summed E-state index contributed by atoms with van der Waals surface area (Å²) in [6.45, 7) is 15.1. The topological polar surface area (TPSA) is 216 Å². The minimum atomic E-state index is -4.75. The molecule has 5 fully saturated rings. The Balaban J connectivity index is 0.000000234. The molecule has 6 heterocycles. The number of esters is 2. The second kappa shape index (κ2) is 29.9. The second-order valence-corrected chi connectivity index (χ2v) is 29.1. The fourth-order valence-electron chi connectivity index (χ4n) is 15.4. The number of aromatic nitrogens is 4. The van der Waals surface area contributed by atoms with E-state index in [9.17, 15) is 41.9 Å². The third kappa shape index (κ3) is 16.0. The number of benzene rings is 2. The molecule has 3 saturated carbocycles. The van der Waals surface area contributed by atoms with Gasteiger partial charge in [0.15, 0.2) is 0 Å². The van der Waals surface area contributed by atoms with Crippen LogP contribution in [0.2, 0.25) is 0 Å². The van der Waals surface area contributed by atoms with Crippen LogP contribution in [-0.4, -0.2) is 136 Å². The predicted octanol–water partition coefficient (Wildman–Crippen LogP) is 12.2. The van der Waals surface area contributed by atoms with Gasteiger partial charge in [-0.1, -0.05) is 99.6 Å². The summed E-state index contributed by atoms with van der Waals surface area (Å²) < 4.78 is 79.7. The fourth-order valence-corrected chi connectivity index (χ4v) is 15.4. The van der Waals surface area contributed by atoms with Crippen molar-refractivity contribution in [3.05, 3.63) is 47.8 Å². The van der Waals surface area contributed by atoms with E-state index < -0.39 is 88.9 Å². The Morgan fingerprint density at radius 1 is 0.602 bits per heavy atom. The minimum absolute atomic E-state index is 0. The smallest absolute Gasteiger partial charge is 0.428 e.